The zero-order valence-electron chi connectivity index (χ0n) is 23.7. The number of nitrogens with zero attached hydrogens (tertiary/aromatic N) is 4. The average molecular weight is 621 g/mol. The molecule has 5 aromatic rings. The molecular weight excluding hydrogens is 590 g/mol. The molecule has 0 spiro atoms. The summed E-state index contributed by atoms with van der Waals surface area (Å²) in [5, 5.41) is 4.33. The van der Waals surface area contributed by atoms with E-state index in [0.29, 0.717) is 18.6 Å². The second kappa shape index (κ2) is 12.7. The Bertz CT molecular complexity index is 1830. The summed E-state index contributed by atoms with van der Waals surface area (Å²) in [7, 11) is -4.17. The maximum Gasteiger partial charge on any atom is 0.459 e. The molecule has 0 bridgehead atoms. The first-order valence-corrected chi connectivity index (χ1v) is 15.5. The summed E-state index contributed by atoms with van der Waals surface area (Å²) < 4.78 is 53.1. The highest BCUT2D eigenvalue weighted by atomic mass is 31.2. The summed E-state index contributed by atoms with van der Waals surface area (Å²) in [4.78, 5) is 24.4. The Balaban J connectivity index is 1.17. The quantitative estimate of drug-likeness (QED) is 0.112. The molecule has 4 atom stereocenters. The topological polar surface area (TPSA) is 153 Å². The highest BCUT2D eigenvalue weighted by molar-refractivity contribution is 7.52. The van der Waals surface area contributed by atoms with Crippen molar-refractivity contribution in [1.29, 1.82) is 0 Å². The van der Waals surface area contributed by atoms with Crippen LogP contribution < -0.4 is 15.3 Å². The van der Waals surface area contributed by atoms with Gasteiger partial charge in [0.1, 0.15) is 24.6 Å². The minimum Gasteiger partial charge on any atom is -0.460 e. The van der Waals surface area contributed by atoms with Gasteiger partial charge in [-0.1, -0.05) is 66.7 Å². The molecular formula is C30H30FN6O6P. The van der Waals surface area contributed by atoms with Crippen molar-refractivity contribution in [3.8, 4) is 5.75 Å². The van der Waals surface area contributed by atoms with Gasteiger partial charge in [0.05, 0.1) is 19.0 Å². The Morgan fingerprint density at radius 3 is 2.73 bits per heavy atom. The van der Waals surface area contributed by atoms with Gasteiger partial charge in [0.2, 0.25) is 0 Å². The standard InChI is InChI=1S/C30H30FN6O6P/c1-19(29(38)40-16-20-8-3-2-4-9-20)36-44(39,43-24-13-7-11-21-10-5-6-12-23(21)24)41-17-22-14-15-25(42-22)37-18-33-26-27(32)34-30(31)35-28(26)37/h2-13,18-19,22,25H,14-17H2,1H3,(H,36,39)(H2,32,34,35)/t19-,22-,25+,44?/m0/s1. The first-order valence-electron chi connectivity index (χ1n) is 14.0. The van der Waals surface area contributed by atoms with Crippen LogP contribution in [0.25, 0.3) is 21.9 Å². The molecule has 1 aliphatic rings. The summed E-state index contributed by atoms with van der Waals surface area (Å²) in [6.07, 6.45) is 0.491. The smallest absolute Gasteiger partial charge is 0.459 e. The van der Waals surface area contributed by atoms with Crippen molar-refractivity contribution in [2.24, 2.45) is 0 Å². The number of nitrogens with two attached hydrogens (primary N) is 1. The lowest BCUT2D eigenvalue weighted by atomic mass is 10.1. The normalized spacial score (nSPS) is 18.7. The average Bonchev–Trinajstić information content (AvgIpc) is 3.67. The molecule has 44 heavy (non-hydrogen) atoms. The number of carbonyl (C=O) groups excluding carboxylic acids is 1. The molecule has 228 valence electrons. The van der Waals surface area contributed by atoms with Crippen molar-refractivity contribution >= 4 is 41.5 Å². The molecule has 2 aromatic heterocycles. The van der Waals surface area contributed by atoms with E-state index in [1.165, 1.54) is 13.3 Å². The zero-order chi connectivity index (χ0) is 30.7. The van der Waals surface area contributed by atoms with Gasteiger partial charge >= 0.3 is 19.8 Å². The maximum absolute atomic E-state index is 14.2. The maximum atomic E-state index is 14.2. The second-order valence-electron chi connectivity index (χ2n) is 10.3. The fourth-order valence-electron chi connectivity index (χ4n) is 4.96. The van der Waals surface area contributed by atoms with Crippen molar-refractivity contribution in [3.05, 3.63) is 90.8 Å². The highest BCUT2D eigenvalue weighted by Crippen LogP contribution is 2.47. The predicted molar refractivity (Wildman–Crippen MR) is 160 cm³/mol. The highest BCUT2D eigenvalue weighted by Gasteiger charge is 2.36. The van der Waals surface area contributed by atoms with E-state index in [-0.39, 0.29) is 30.2 Å². The van der Waals surface area contributed by atoms with Crippen LogP contribution in [0.1, 0.15) is 31.6 Å². The molecule has 3 heterocycles. The molecule has 1 unspecified atom stereocenters. The fraction of sp³-hybridized carbons (Fsp3) is 0.267. The largest absolute Gasteiger partial charge is 0.460 e. The SMILES string of the molecule is C[C@H](NP(=O)(OC[C@@H]1CC[C@H](n2cnc3c(N)nc(F)nc32)O1)Oc1cccc2ccccc12)C(=O)OCc1ccccc1. The monoisotopic (exact) mass is 620 g/mol. The van der Waals surface area contributed by atoms with Crippen LogP contribution in [-0.4, -0.2) is 44.2 Å². The number of nitrogen functional groups attached to an aromatic ring is 1. The molecule has 6 rings (SSSR count). The zero-order valence-corrected chi connectivity index (χ0v) is 24.6. The van der Waals surface area contributed by atoms with Crippen LogP contribution in [0, 0.1) is 6.08 Å². The molecule has 1 saturated heterocycles. The van der Waals surface area contributed by atoms with Crippen molar-refractivity contribution in [1.82, 2.24) is 24.6 Å². The minimum absolute atomic E-state index is 0.0573. The van der Waals surface area contributed by atoms with Gasteiger partial charge in [0, 0.05) is 5.39 Å². The van der Waals surface area contributed by atoms with Crippen LogP contribution in [0.2, 0.25) is 0 Å². The number of hydrogen-bond donors (Lipinski definition) is 2. The second-order valence-corrected chi connectivity index (χ2v) is 12.0. The van der Waals surface area contributed by atoms with Crippen LogP contribution >= 0.6 is 7.75 Å². The van der Waals surface area contributed by atoms with E-state index in [1.54, 1.807) is 16.7 Å². The van der Waals surface area contributed by atoms with Crippen molar-refractivity contribution < 1.29 is 32.3 Å². The number of esters is 1. The van der Waals surface area contributed by atoms with Crippen LogP contribution in [0.5, 0.6) is 5.75 Å². The summed E-state index contributed by atoms with van der Waals surface area (Å²) in [5.41, 5.74) is 7.07. The number of aromatic nitrogens is 4. The van der Waals surface area contributed by atoms with Gasteiger partial charge in [0.15, 0.2) is 17.0 Å². The number of ether oxygens (including phenoxy) is 2. The number of nitrogens with one attached hydrogen (secondary N) is 1. The number of benzene rings is 3. The molecule has 14 heteroatoms. The third kappa shape index (κ3) is 6.56. The number of halogens is 1. The van der Waals surface area contributed by atoms with E-state index >= 15 is 0 Å². The third-order valence-corrected chi connectivity index (χ3v) is 8.77. The van der Waals surface area contributed by atoms with Crippen LogP contribution in [0.3, 0.4) is 0 Å². The molecule has 3 N–H and O–H groups in total. The van der Waals surface area contributed by atoms with E-state index in [0.717, 1.165) is 16.3 Å². The third-order valence-electron chi connectivity index (χ3n) is 7.14. The van der Waals surface area contributed by atoms with Gasteiger partial charge in [-0.05, 0) is 36.8 Å². The number of anilines is 1. The number of imidazole rings is 1. The molecule has 0 amide bonds. The van der Waals surface area contributed by atoms with Crippen molar-refractivity contribution in [3.63, 3.8) is 0 Å². The Labute approximate surface area is 251 Å². The number of hydrogen-bond acceptors (Lipinski definition) is 10. The van der Waals surface area contributed by atoms with Gasteiger partial charge in [-0.15, -0.1) is 0 Å². The fourth-order valence-corrected chi connectivity index (χ4v) is 6.50. The molecule has 0 aliphatic carbocycles. The Morgan fingerprint density at radius 2 is 1.89 bits per heavy atom. The summed E-state index contributed by atoms with van der Waals surface area (Å²) in [6.45, 7) is 1.45. The van der Waals surface area contributed by atoms with Gasteiger partial charge < -0.3 is 19.7 Å². The summed E-state index contributed by atoms with van der Waals surface area (Å²) in [5.74, 6) is -0.381. The minimum atomic E-state index is -4.17. The Hall–Kier alpha value is -4.42. The number of rotatable bonds is 11. The van der Waals surface area contributed by atoms with Crippen molar-refractivity contribution in [2.45, 2.75) is 44.7 Å². The lowest BCUT2D eigenvalue weighted by Crippen LogP contribution is -2.35. The first-order chi connectivity index (χ1) is 21.3. The molecule has 12 nitrogen and oxygen atoms in total. The lowest BCUT2D eigenvalue weighted by molar-refractivity contribution is -0.146. The molecule has 0 saturated carbocycles. The molecule has 1 aliphatic heterocycles. The van der Waals surface area contributed by atoms with Crippen LogP contribution in [0.15, 0.2) is 79.1 Å². The van der Waals surface area contributed by atoms with Gasteiger partial charge in [-0.2, -0.15) is 19.4 Å². The van der Waals surface area contributed by atoms with E-state index in [4.69, 9.17) is 24.3 Å². The van der Waals surface area contributed by atoms with Gasteiger partial charge in [-0.25, -0.2) is 9.55 Å². The molecule has 1 fully saturated rings. The molecule has 3 aromatic carbocycles. The molecule has 0 radical (unpaired) electrons. The Morgan fingerprint density at radius 1 is 1.11 bits per heavy atom. The van der Waals surface area contributed by atoms with E-state index < -0.39 is 38.2 Å². The van der Waals surface area contributed by atoms with Crippen LogP contribution in [-0.2, 0) is 30.0 Å². The predicted octanol–water partition coefficient (Wildman–Crippen LogP) is 5.30. The van der Waals surface area contributed by atoms with Gasteiger partial charge in [0.25, 0.3) is 0 Å². The number of fused-ring (bicyclic) bond motifs is 2. The van der Waals surface area contributed by atoms with E-state index in [2.05, 4.69) is 20.0 Å². The van der Waals surface area contributed by atoms with Gasteiger partial charge in [-0.3, -0.25) is 13.9 Å². The van der Waals surface area contributed by atoms with Crippen molar-refractivity contribution in [2.75, 3.05) is 12.3 Å². The number of carbonyl (C=O) groups is 1. The lowest BCUT2D eigenvalue weighted by Gasteiger charge is -2.24. The first kappa shape index (κ1) is 29.6. The van der Waals surface area contributed by atoms with Crippen LogP contribution in [0.4, 0.5) is 10.2 Å². The Kier molecular flexibility index (Phi) is 8.53. The van der Waals surface area contributed by atoms with E-state index in [1.807, 2.05) is 60.7 Å². The summed E-state index contributed by atoms with van der Waals surface area (Å²) >= 11 is 0. The summed E-state index contributed by atoms with van der Waals surface area (Å²) in [6, 6.07) is 21.0. The van der Waals surface area contributed by atoms with E-state index in [9.17, 15) is 13.8 Å².